The minimum Gasteiger partial charge on any atom is -0.480 e. The number of rotatable bonds is 3. The van der Waals surface area contributed by atoms with E-state index in [1.165, 1.54) is 0 Å². The Morgan fingerprint density at radius 2 is 2.23 bits per heavy atom. The maximum Gasteiger partial charge on any atom is 0.323 e. The number of anilines is 1. The number of carbonyl (C=O) groups is 1. The molecule has 0 radical (unpaired) electrons. The van der Waals surface area contributed by atoms with Gasteiger partial charge in [0, 0.05) is 12.7 Å². The first-order valence-corrected chi connectivity index (χ1v) is 4.09. The third-order valence-electron chi connectivity index (χ3n) is 1.81. The van der Waals surface area contributed by atoms with Crippen LogP contribution in [0.4, 0.5) is 5.69 Å². The minimum absolute atomic E-state index is 0.0312. The smallest absolute Gasteiger partial charge is 0.323 e. The van der Waals surface area contributed by atoms with Crippen LogP contribution in [0.2, 0.25) is 0 Å². The Labute approximate surface area is 77.6 Å². The van der Waals surface area contributed by atoms with Crippen LogP contribution in [-0.2, 0) is 4.79 Å². The summed E-state index contributed by atoms with van der Waals surface area (Å²) in [5, 5.41) is 8.57. The van der Waals surface area contributed by atoms with Gasteiger partial charge in [-0.25, -0.2) is 0 Å². The second kappa shape index (κ2) is 3.94. The largest absolute Gasteiger partial charge is 0.480 e. The highest BCUT2D eigenvalue weighted by Crippen LogP contribution is 2.13. The van der Waals surface area contributed by atoms with E-state index in [2.05, 4.69) is 0 Å². The summed E-state index contributed by atoms with van der Waals surface area (Å²) in [5.74, 6) is -0.816. The number of benzene rings is 1. The van der Waals surface area contributed by atoms with Crippen LogP contribution >= 0.6 is 0 Å². The van der Waals surface area contributed by atoms with E-state index in [1.54, 1.807) is 11.9 Å². The van der Waals surface area contributed by atoms with Gasteiger partial charge in [-0.2, -0.15) is 0 Å². The molecular weight excluding hydrogens is 166 g/mol. The molecule has 0 aliphatic heterocycles. The molecule has 0 aliphatic carbocycles. The lowest BCUT2D eigenvalue weighted by atomic mass is 10.2. The highest BCUT2D eigenvalue weighted by Gasteiger charge is 2.04. The molecule has 13 heavy (non-hydrogen) atoms. The van der Waals surface area contributed by atoms with Crippen LogP contribution in [0.1, 0.15) is 5.56 Å². The molecule has 3 nitrogen and oxygen atoms in total. The van der Waals surface area contributed by atoms with Crippen molar-refractivity contribution in [1.29, 1.82) is 0 Å². The molecule has 0 heterocycles. The van der Waals surface area contributed by atoms with Gasteiger partial charge in [-0.15, -0.1) is 0 Å². The van der Waals surface area contributed by atoms with Gasteiger partial charge in [0.25, 0.3) is 0 Å². The van der Waals surface area contributed by atoms with Crippen molar-refractivity contribution in [1.82, 2.24) is 0 Å². The van der Waals surface area contributed by atoms with E-state index in [0.717, 1.165) is 11.3 Å². The Hall–Kier alpha value is -1.51. The van der Waals surface area contributed by atoms with E-state index in [0.29, 0.717) is 0 Å². The minimum atomic E-state index is -0.816. The lowest BCUT2D eigenvalue weighted by molar-refractivity contribution is -0.135. The molecule has 0 amide bonds. The summed E-state index contributed by atoms with van der Waals surface area (Å²) in [4.78, 5) is 12.1. The fourth-order valence-corrected chi connectivity index (χ4v) is 1.16. The molecule has 0 spiro atoms. The number of nitrogens with zero attached hydrogens (tertiary/aromatic N) is 1. The summed E-state index contributed by atoms with van der Waals surface area (Å²) in [6, 6.07) is 7.76. The van der Waals surface area contributed by atoms with E-state index in [9.17, 15) is 4.79 Å². The lowest BCUT2D eigenvalue weighted by Gasteiger charge is -2.16. The number of carboxylic acid groups (broad SMARTS) is 1. The molecular formula is C10H13NO2. The second-order valence-electron chi connectivity index (χ2n) is 3.09. The number of likely N-dealkylation sites (N-methyl/N-ethyl adjacent to an activating group) is 1. The Balaban J connectivity index is 2.76. The zero-order chi connectivity index (χ0) is 9.84. The number of aryl methyl sites for hydroxylation is 1. The van der Waals surface area contributed by atoms with Gasteiger partial charge in [-0.3, -0.25) is 4.79 Å². The summed E-state index contributed by atoms with van der Waals surface area (Å²) in [7, 11) is 1.77. The predicted octanol–water partition coefficient (Wildman–Crippen LogP) is 1.52. The van der Waals surface area contributed by atoms with Crippen molar-refractivity contribution in [2.24, 2.45) is 0 Å². The maximum absolute atomic E-state index is 10.4. The molecule has 3 heteroatoms. The molecule has 0 atom stereocenters. The normalized spacial score (nSPS) is 9.69. The maximum atomic E-state index is 10.4. The van der Waals surface area contributed by atoms with E-state index < -0.39 is 5.97 Å². The first kappa shape index (κ1) is 9.58. The van der Waals surface area contributed by atoms with Gasteiger partial charge in [-0.05, 0) is 24.6 Å². The van der Waals surface area contributed by atoms with Crippen molar-refractivity contribution in [3.63, 3.8) is 0 Å². The van der Waals surface area contributed by atoms with Gasteiger partial charge in [0.2, 0.25) is 0 Å². The van der Waals surface area contributed by atoms with Gasteiger partial charge >= 0.3 is 5.97 Å². The summed E-state index contributed by atoms with van der Waals surface area (Å²) >= 11 is 0. The van der Waals surface area contributed by atoms with Crippen LogP contribution < -0.4 is 4.90 Å². The molecule has 0 aromatic heterocycles. The van der Waals surface area contributed by atoms with E-state index in [-0.39, 0.29) is 6.54 Å². The molecule has 0 unspecified atom stereocenters. The van der Waals surface area contributed by atoms with Crippen LogP contribution in [0.5, 0.6) is 0 Å². The third-order valence-corrected chi connectivity index (χ3v) is 1.81. The van der Waals surface area contributed by atoms with Crippen LogP contribution in [0.25, 0.3) is 0 Å². The topological polar surface area (TPSA) is 40.5 Å². The fourth-order valence-electron chi connectivity index (χ4n) is 1.16. The zero-order valence-corrected chi connectivity index (χ0v) is 7.82. The van der Waals surface area contributed by atoms with Crippen molar-refractivity contribution in [3.05, 3.63) is 29.8 Å². The molecule has 0 fully saturated rings. The monoisotopic (exact) mass is 179 g/mol. The quantitative estimate of drug-likeness (QED) is 0.764. The highest BCUT2D eigenvalue weighted by atomic mass is 16.4. The van der Waals surface area contributed by atoms with Gasteiger partial charge in [0.15, 0.2) is 0 Å². The predicted molar refractivity (Wildman–Crippen MR) is 52.1 cm³/mol. The first-order chi connectivity index (χ1) is 6.09. The summed E-state index contributed by atoms with van der Waals surface area (Å²) in [6.45, 7) is 2.02. The SMILES string of the molecule is Cc1cccc(N(C)CC(=O)O)c1. The third kappa shape index (κ3) is 2.78. The van der Waals surface area contributed by atoms with Crippen molar-refractivity contribution in [3.8, 4) is 0 Å². The van der Waals surface area contributed by atoms with Crippen LogP contribution in [0, 0.1) is 6.92 Å². The lowest BCUT2D eigenvalue weighted by Crippen LogP contribution is -2.24. The zero-order valence-electron chi connectivity index (χ0n) is 7.82. The van der Waals surface area contributed by atoms with Gasteiger partial charge in [0.1, 0.15) is 6.54 Å². The van der Waals surface area contributed by atoms with Crippen molar-refractivity contribution >= 4 is 11.7 Å². The Morgan fingerprint density at radius 3 is 2.77 bits per heavy atom. The average Bonchev–Trinajstić information content (AvgIpc) is 2.03. The van der Waals surface area contributed by atoms with Crippen LogP contribution in [0.15, 0.2) is 24.3 Å². The summed E-state index contributed by atoms with van der Waals surface area (Å²) < 4.78 is 0. The van der Waals surface area contributed by atoms with Gasteiger partial charge in [-0.1, -0.05) is 12.1 Å². The molecule has 0 bridgehead atoms. The Bertz CT molecular complexity index is 310. The number of aliphatic carboxylic acids is 1. The number of hydrogen-bond donors (Lipinski definition) is 1. The van der Waals surface area contributed by atoms with Crippen LogP contribution in [-0.4, -0.2) is 24.7 Å². The van der Waals surface area contributed by atoms with Crippen molar-refractivity contribution < 1.29 is 9.90 Å². The first-order valence-electron chi connectivity index (χ1n) is 4.09. The second-order valence-corrected chi connectivity index (χ2v) is 3.09. The van der Waals surface area contributed by atoms with Gasteiger partial charge < -0.3 is 10.0 Å². The molecule has 0 aliphatic rings. The number of hydrogen-bond acceptors (Lipinski definition) is 2. The molecule has 1 aromatic carbocycles. The van der Waals surface area contributed by atoms with E-state index in [4.69, 9.17) is 5.11 Å². The molecule has 0 saturated carbocycles. The summed E-state index contributed by atoms with van der Waals surface area (Å²) in [6.07, 6.45) is 0. The molecule has 1 N–H and O–H groups in total. The van der Waals surface area contributed by atoms with Crippen molar-refractivity contribution in [2.75, 3.05) is 18.5 Å². The molecule has 70 valence electrons. The number of carboxylic acids is 1. The molecule has 1 aromatic rings. The molecule has 1 rings (SSSR count). The highest BCUT2D eigenvalue weighted by molar-refractivity contribution is 5.73. The van der Waals surface area contributed by atoms with E-state index in [1.807, 2.05) is 31.2 Å². The Kier molecular flexibility index (Phi) is 2.90. The van der Waals surface area contributed by atoms with Crippen molar-refractivity contribution in [2.45, 2.75) is 6.92 Å². The van der Waals surface area contributed by atoms with Gasteiger partial charge in [0.05, 0.1) is 0 Å². The standard InChI is InChI=1S/C10H13NO2/c1-8-4-3-5-9(6-8)11(2)7-10(12)13/h3-6H,7H2,1-2H3,(H,12,13). The Morgan fingerprint density at radius 1 is 1.54 bits per heavy atom. The molecule has 0 saturated heterocycles. The summed E-state index contributed by atoms with van der Waals surface area (Å²) in [5.41, 5.74) is 2.07. The van der Waals surface area contributed by atoms with E-state index >= 15 is 0 Å². The average molecular weight is 179 g/mol. The fraction of sp³-hybridized carbons (Fsp3) is 0.300. The van der Waals surface area contributed by atoms with Crippen LogP contribution in [0.3, 0.4) is 0 Å².